The minimum Gasteiger partial charge on any atom is -0.406 e. The van der Waals surface area contributed by atoms with Gasteiger partial charge in [0.1, 0.15) is 5.75 Å². The van der Waals surface area contributed by atoms with Crippen molar-refractivity contribution < 1.29 is 39.2 Å². The predicted molar refractivity (Wildman–Crippen MR) is 338 cm³/mol. The molecule has 7 aromatic carbocycles. The monoisotopic (exact) mass is 1230 g/mol. The maximum absolute atomic E-state index is 14.6. The molecule has 2 aliphatic heterocycles. The molecule has 2 fully saturated rings. The van der Waals surface area contributed by atoms with Gasteiger partial charge in [-0.15, -0.1) is 11.8 Å². The van der Waals surface area contributed by atoms with Gasteiger partial charge < -0.3 is 14.2 Å². The minimum atomic E-state index is -6.02. The van der Waals surface area contributed by atoms with Gasteiger partial charge in [0.25, 0.3) is 18.2 Å². The summed E-state index contributed by atoms with van der Waals surface area (Å²) < 4.78 is 106. The van der Waals surface area contributed by atoms with Crippen molar-refractivity contribution in [1.82, 2.24) is 9.80 Å². The number of rotatable bonds is 23. The second-order valence-corrected chi connectivity index (χ2v) is 33.1. The summed E-state index contributed by atoms with van der Waals surface area (Å²) in [6, 6.07) is 56.7. The summed E-state index contributed by atoms with van der Waals surface area (Å²) in [5, 5.41) is 2.99. The number of Topliss-reactive ketones (excluding diaryl/α,β-unsaturated/α-hetero) is 1. The van der Waals surface area contributed by atoms with Crippen LogP contribution in [-0.4, -0.2) is 117 Å². The molecular weight excluding hydrogens is 1160 g/mol. The quantitative estimate of drug-likeness (QED) is 0.0349. The van der Waals surface area contributed by atoms with E-state index in [-0.39, 0.29) is 28.5 Å². The Morgan fingerprint density at radius 3 is 1.83 bits per heavy atom. The van der Waals surface area contributed by atoms with E-state index in [1.165, 1.54) is 39.3 Å². The van der Waals surface area contributed by atoms with E-state index in [9.17, 15) is 34.8 Å². The number of nitrogens with zero attached hydrogens (tertiary/aromatic N) is 3. The molecule has 2 aliphatic rings. The lowest BCUT2D eigenvalue weighted by Gasteiger charge is -2.43. The summed E-state index contributed by atoms with van der Waals surface area (Å²) in [4.78, 5) is 19.8. The van der Waals surface area contributed by atoms with E-state index < -0.39 is 54.8 Å². The molecule has 84 heavy (non-hydrogen) atoms. The molecule has 444 valence electrons. The number of hydrogen-bond donors (Lipinski definition) is 0. The number of alkyl halides is 3. The highest BCUT2D eigenvalue weighted by atomic mass is 35.5. The van der Waals surface area contributed by atoms with Gasteiger partial charge in [-0.1, -0.05) is 161 Å². The Morgan fingerprint density at radius 2 is 1.25 bits per heavy atom. The van der Waals surface area contributed by atoms with Crippen LogP contribution in [0.25, 0.3) is 11.1 Å². The molecule has 2 atom stereocenters. The zero-order valence-corrected chi connectivity index (χ0v) is 52.4. The van der Waals surface area contributed by atoms with Gasteiger partial charge in [-0.2, -0.15) is 13.2 Å². The Labute approximate surface area is 505 Å². The standard InChI is InChI=1S/C67H75ClF3N3O6S3Si/c1-50(62-22-14-15-23-63(62)53-24-29-56(68)30-25-53)52-35-38-74(39-36-52)57-31-26-54(27-32-57)64(75)49-82(76,77)59-33-28-55(65(47-59)83(78,79)67(69,70)71)46-51(48-81-58-16-8-5-9-17-58)34-37-72-40-42-73(43-41-72)44-45-80-84(66(2,3)4,60-18-10-6-11-19-60)61-20-12-7-13-21-61/h5-33,47,50-52H,34-46,48-49H2,1-4H3/t50-,51+/m1/s1. The molecule has 0 radical (unpaired) electrons. The maximum Gasteiger partial charge on any atom is 0.501 e. The van der Waals surface area contributed by atoms with Gasteiger partial charge in [-0.3, -0.25) is 9.69 Å². The summed E-state index contributed by atoms with van der Waals surface area (Å²) in [5.74, 6) is -0.913. The maximum atomic E-state index is 14.6. The van der Waals surface area contributed by atoms with E-state index >= 15 is 0 Å². The van der Waals surface area contributed by atoms with E-state index in [4.69, 9.17) is 16.0 Å². The highest BCUT2D eigenvalue weighted by Crippen LogP contribution is 2.41. The molecule has 9 nitrogen and oxygen atoms in total. The molecule has 9 rings (SSSR count). The van der Waals surface area contributed by atoms with Crippen molar-refractivity contribution >= 4 is 73.2 Å². The lowest BCUT2D eigenvalue weighted by atomic mass is 9.78. The van der Waals surface area contributed by atoms with Crippen LogP contribution in [0.4, 0.5) is 18.9 Å². The molecule has 0 amide bonds. The Bertz CT molecular complexity index is 3490. The molecule has 17 heteroatoms. The Morgan fingerprint density at radius 1 is 0.690 bits per heavy atom. The Balaban J connectivity index is 0.836. The largest absolute Gasteiger partial charge is 0.501 e. The van der Waals surface area contributed by atoms with Crippen molar-refractivity contribution in [3.8, 4) is 11.1 Å². The van der Waals surface area contributed by atoms with E-state index in [1.807, 2.05) is 72.8 Å². The summed E-state index contributed by atoms with van der Waals surface area (Å²) in [6.07, 6.45) is 2.38. The number of carbonyl (C=O) groups excluding carboxylic acids is 1. The van der Waals surface area contributed by atoms with Gasteiger partial charge in [-0.05, 0) is 148 Å². The van der Waals surface area contributed by atoms with E-state index in [2.05, 4.69) is 109 Å². The first kappa shape index (κ1) is 63.0. The average Bonchev–Trinajstić information content (AvgIpc) is 3.69. The van der Waals surface area contributed by atoms with E-state index in [1.54, 1.807) is 24.3 Å². The van der Waals surface area contributed by atoms with Crippen molar-refractivity contribution in [2.45, 2.75) is 84.5 Å². The van der Waals surface area contributed by atoms with Crippen LogP contribution in [0.3, 0.4) is 0 Å². The Kier molecular flexibility index (Phi) is 20.6. The first-order chi connectivity index (χ1) is 40.1. The van der Waals surface area contributed by atoms with Gasteiger partial charge in [0.2, 0.25) is 0 Å². The summed E-state index contributed by atoms with van der Waals surface area (Å²) >= 11 is 7.72. The van der Waals surface area contributed by atoms with Crippen molar-refractivity contribution in [2.75, 3.05) is 75.4 Å². The molecule has 7 aromatic rings. The number of ketones is 1. The topological polar surface area (TPSA) is 104 Å². The van der Waals surface area contributed by atoms with Gasteiger partial charge in [0.05, 0.1) is 9.79 Å². The van der Waals surface area contributed by atoms with Crippen molar-refractivity contribution in [3.05, 3.63) is 204 Å². The molecule has 0 saturated carbocycles. The first-order valence-corrected chi connectivity index (χ1v) is 35.3. The van der Waals surface area contributed by atoms with Crippen LogP contribution in [0, 0.1) is 11.8 Å². The average molecular weight is 1240 g/mol. The highest BCUT2D eigenvalue weighted by Gasteiger charge is 2.51. The molecule has 0 N–H and O–H groups in total. The second kappa shape index (κ2) is 27.4. The molecule has 0 aliphatic carbocycles. The molecule has 0 aromatic heterocycles. The lowest BCUT2D eigenvalue weighted by molar-refractivity contribution is -0.0436. The molecule has 2 heterocycles. The zero-order valence-electron chi connectivity index (χ0n) is 48.2. The third kappa shape index (κ3) is 15.0. The van der Waals surface area contributed by atoms with Crippen LogP contribution in [0.5, 0.6) is 0 Å². The Hall–Kier alpha value is -5.56. The number of sulfone groups is 2. The third-order valence-electron chi connectivity index (χ3n) is 16.9. The third-order valence-corrected chi connectivity index (χ3v) is 26.6. The lowest BCUT2D eigenvalue weighted by Crippen LogP contribution is -2.67. The number of hydrogen-bond acceptors (Lipinski definition) is 10. The van der Waals surface area contributed by atoms with Crippen molar-refractivity contribution in [3.63, 3.8) is 0 Å². The molecular formula is C67H75ClF3N3O6S3Si. The van der Waals surface area contributed by atoms with Gasteiger partial charge >= 0.3 is 5.51 Å². The van der Waals surface area contributed by atoms with Crippen molar-refractivity contribution in [1.29, 1.82) is 0 Å². The van der Waals surface area contributed by atoms with Crippen LogP contribution >= 0.6 is 23.4 Å². The summed E-state index contributed by atoms with van der Waals surface area (Å²) in [7, 11) is -13.3. The smallest absolute Gasteiger partial charge is 0.406 e. The normalized spacial score (nSPS) is 16.1. The molecule has 0 unspecified atom stereocenters. The summed E-state index contributed by atoms with van der Waals surface area (Å²) in [6.45, 7) is 15.7. The number of piperazine rings is 1. The van der Waals surface area contributed by atoms with Gasteiger partial charge in [0.15, 0.2) is 15.6 Å². The number of anilines is 1. The fourth-order valence-corrected chi connectivity index (χ4v) is 20.2. The van der Waals surface area contributed by atoms with Crippen LogP contribution in [0.1, 0.15) is 74.4 Å². The van der Waals surface area contributed by atoms with Crippen LogP contribution in [-0.2, 0) is 30.5 Å². The molecule has 0 spiro atoms. The summed E-state index contributed by atoms with van der Waals surface area (Å²) in [5.41, 5.74) is -1.25. The van der Waals surface area contributed by atoms with Crippen LogP contribution < -0.4 is 15.3 Å². The number of thioether (sulfide) groups is 1. The second-order valence-electron chi connectivity index (χ2n) is 23.3. The van der Waals surface area contributed by atoms with E-state index in [0.717, 1.165) is 80.9 Å². The predicted octanol–water partition coefficient (Wildman–Crippen LogP) is 13.5. The SMILES string of the molecule is C[C@@H](c1ccccc1-c1ccc(Cl)cc1)C1CCN(c2ccc(C(=O)CS(=O)(=O)c3ccc(C[C@H](CCN4CCN(CCO[Si](c5ccccc5)(c5ccccc5)C(C)(C)C)CC4)CSc4ccccc4)c(S(=O)(=O)C(F)(F)F)c3)cc2)CC1. The number of benzene rings is 7. The zero-order chi connectivity index (χ0) is 59.7. The van der Waals surface area contributed by atoms with E-state index in [0.29, 0.717) is 48.3 Å². The number of carbonyl (C=O) groups is 1. The highest BCUT2D eigenvalue weighted by molar-refractivity contribution is 7.99. The van der Waals surface area contributed by atoms with Crippen molar-refractivity contribution in [2.24, 2.45) is 11.8 Å². The van der Waals surface area contributed by atoms with Crippen LogP contribution in [0.2, 0.25) is 10.1 Å². The number of piperidine rings is 1. The molecule has 2 saturated heterocycles. The minimum absolute atomic E-state index is 0.0510. The fraction of sp³-hybridized carbons (Fsp3) is 0.358. The first-order valence-electron chi connectivity index (χ1n) is 28.9. The fourth-order valence-electron chi connectivity index (χ4n) is 12.1. The number of halogens is 4. The van der Waals surface area contributed by atoms with Crippen LogP contribution in [0.15, 0.2) is 197 Å². The van der Waals surface area contributed by atoms with Gasteiger partial charge in [0, 0.05) is 79.3 Å². The van der Waals surface area contributed by atoms with Gasteiger partial charge in [-0.25, -0.2) is 16.8 Å². The molecule has 0 bridgehead atoms.